The van der Waals surface area contributed by atoms with Crippen LogP contribution in [-0.2, 0) is 0 Å². The van der Waals surface area contributed by atoms with Crippen LogP contribution in [0.2, 0.25) is 5.02 Å². The number of nitrogens with zero attached hydrogens (tertiary/aromatic N) is 1. The first-order valence-electron chi connectivity index (χ1n) is 7.15. The van der Waals surface area contributed by atoms with Gasteiger partial charge in [0.25, 0.3) is 0 Å². The third-order valence-corrected chi connectivity index (χ3v) is 3.61. The molecular weight excluding hydrogens is 298 g/mol. The average molecular weight is 316 g/mol. The number of hydrogen-bond donors (Lipinski definition) is 0. The van der Waals surface area contributed by atoms with E-state index in [9.17, 15) is 5.26 Å². The van der Waals surface area contributed by atoms with Crippen molar-refractivity contribution >= 4 is 11.6 Å². The number of para-hydroxylation sites is 1. The highest BCUT2D eigenvalue weighted by Gasteiger charge is 2.14. The number of ether oxygens (including phenoxy) is 2. The van der Waals surface area contributed by atoms with Crippen LogP contribution in [0.15, 0.2) is 48.5 Å². The number of halogens is 1. The van der Waals surface area contributed by atoms with Crippen molar-refractivity contribution in [2.24, 2.45) is 0 Å². The van der Waals surface area contributed by atoms with Gasteiger partial charge in [-0.2, -0.15) is 5.26 Å². The molecule has 0 fully saturated rings. The Morgan fingerprint density at radius 1 is 1.18 bits per heavy atom. The van der Waals surface area contributed by atoms with E-state index in [-0.39, 0.29) is 5.92 Å². The van der Waals surface area contributed by atoms with Gasteiger partial charge in [-0.3, -0.25) is 0 Å². The number of rotatable bonds is 7. The van der Waals surface area contributed by atoms with Crippen LogP contribution < -0.4 is 9.47 Å². The largest absolute Gasteiger partial charge is 0.496 e. The fourth-order valence-electron chi connectivity index (χ4n) is 2.28. The van der Waals surface area contributed by atoms with E-state index in [2.05, 4.69) is 6.07 Å². The Morgan fingerprint density at radius 2 is 2.00 bits per heavy atom. The zero-order valence-electron chi connectivity index (χ0n) is 12.5. The molecule has 2 aromatic rings. The predicted molar refractivity (Wildman–Crippen MR) is 87.5 cm³/mol. The summed E-state index contributed by atoms with van der Waals surface area (Å²) in [5.74, 6) is 1.31. The quantitative estimate of drug-likeness (QED) is 0.688. The summed E-state index contributed by atoms with van der Waals surface area (Å²) in [5.41, 5.74) is 0.926. The minimum Gasteiger partial charge on any atom is -0.496 e. The number of methoxy groups -OCH3 is 1. The molecule has 0 saturated heterocycles. The minimum absolute atomic E-state index is 0.195. The molecule has 0 aliphatic rings. The lowest BCUT2D eigenvalue weighted by molar-refractivity contribution is 0.304. The first-order valence-corrected chi connectivity index (χ1v) is 7.53. The van der Waals surface area contributed by atoms with Gasteiger partial charge in [-0.1, -0.05) is 35.9 Å². The maximum atomic E-state index is 9.39. The molecule has 0 aliphatic carbocycles. The van der Waals surface area contributed by atoms with E-state index in [1.165, 1.54) is 0 Å². The SMILES string of the molecule is COc1ccccc1C(C#N)CCCOc1cccc(Cl)c1. The molecular formula is C18H18ClNO2. The topological polar surface area (TPSA) is 42.2 Å². The fraction of sp³-hybridized carbons (Fsp3) is 0.278. The van der Waals surface area contributed by atoms with Crippen LogP contribution in [0, 0.1) is 11.3 Å². The molecule has 0 radical (unpaired) electrons. The van der Waals surface area contributed by atoms with Crippen molar-refractivity contribution in [3.05, 3.63) is 59.1 Å². The maximum Gasteiger partial charge on any atom is 0.123 e. The molecule has 1 unspecified atom stereocenters. The summed E-state index contributed by atoms with van der Waals surface area (Å²) < 4.78 is 11.0. The van der Waals surface area contributed by atoms with Gasteiger partial charge < -0.3 is 9.47 Å². The lowest BCUT2D eigenvalue weighted by Gasteiger charge is -2.13. The molecule has 22 heavy (non-hydrogen) atoms. The molecule has 114 valence electrons. The van der Waals surface area contributed by atoms with E-state index in [0.29, 0.717) is 11.6 Å². The zero-order chi connectivity index (χ0) is 15.8. The standard InChI is InChI=1S/C18H18ClNO2/c1-21-18-10-3-2-9-17(18)14(13-20)6-5-11-22-16-8-4-7-15(19)12-16/h2-4,7-10,12,14H,5-6,11H2,1H3. The van der Waals surface area contributed by atoms with Crippen molar-refractivity contribution in [3.63, 3.8) is 0 Å². The molecule has 0 bridgehead atoms. The number of benzene rings is 2. The second-order valence-electron chi connectivity index (χ2n) is 4.87. The van der Waals surface area contributed by atoms with Crippen molar-refractivity contribution in [2.45, 2.75) is 18.8 Å². The van der Waals surface area contributed by atoms with Crippen molar-refractivity contribution < 1.29 is 9.47 Å². The van der Waals surface area contributed by atoms with Crippen molar-refractivity contribution in [2.75, 3.05) is 13.7 Å². The van der Waals surface area contributed by atoms with Gasteiger partial charge in [-0.05, 0) is 37.1 Å². The van der Waals surface area contributed by atoms with E-state index < -0.39 is 0 Å². The second-order valence-corrected chi connectivity index (χ2v) is 5.31. The van der Waals surface area contributed by atoms with E-state index in [1.807, 2.05) is 42.5 Å². The van der Waals surface area contributed by atoms with Crippen LogP contribution in [-0.4, -0.2) is 13.7 Å². The Kier molecular flexibility index (Phi) is 6.12. The van der Waals surface area contributed by atoms with Gasteiger partial charge in [-0.15, -0.1) is 0 Å². The third-order valence-electron chi connectivity index (χ3n) is 3.37. The summed E-state index contributed by atoms with van der Waals surface area (Å²) in [5, 5.41) is 10.0. The highest BCUT2D eigenvalue weighted by molar-refractivity contribution is 6.30. The van der Waals surface area contributed by atoms with Gasteiger partial charge in [0.1, 0.15) is 11.5 Å². The lowest BCUT2D eigenvalue weighted by Crippen LogP contribution is -2.03. The van der Waals surface area contributed by atoms with E-state index in [4.69, 9.17) is 21.1 Å². The van der Waals surface area contributed by atoms with Gasteiger partial charge >= 0.3 is 0 Å². The average Bonchev–Trinajstić information content (AvgIpc) is 2.55. The summed E-state index contributed by atoms with van der Waals surface area (Å²) in [6.45, 7) is 0.549. The number of nitriles is 1. The molecule has 4 heteroatoms. The Labute approximate surface area is 136 Å². The van der Waals surface area contributed by atoms with Gasteiger partial charge in [-0.25, -0.2) is 0 Å². The summed E-state index contributed by atoms with van der Waals surface area (Å²) in [6, 6.07) is 17.3. The molecule has 0 aromatic heterocycles. The molecule has 0 saturated carbocycles. The van der Waals surface area contributed by atoms with Crippen molar-refractivity contribution in [1.29, 1.82) is 5.26 Å². The Morgan fingerprint density at radius 3 is 2.73 bits per heavy atom. The summed E-state index contributed by atoms with van der Waals surface area (Å²) in [4.78, 5) is 0. The Hall–Kier alpha value is -2.18. The summed E-state index contributed by atoms with van der Waals surface area (Å²) in [6.07, 6.45) is 1.50. The maximum absolute atomic E-state index is 9.39. The van der Waals surface area contributed by atoms with Crippen LogP contribution in [0.25, 0.3) is 0 Å². The van der Waals surface area contributed by atoms with Crippen LogP contribution in [0.5, 0.6) is 11.5 Å². The predicted octanol–water partition coefficient (Wildman–Crippen LogP) is 4.81. The third kappa shape index (κ3) is 4.41. The fourth-order valence-corrected chi connectivity index (χ4v) is 2.46. The second kappa shape index (κ2) is 8.31. The Balaban J connectivity index is 1.88. The van der Waals surface area contributed by atoms with E-state index in [0.717, 1.165) is 29.9 Å². The van der Waals surface area contributed by atoms with Crippen molar-refractivity contribution in [1.82, 2.24) is 0 Å². The molecule has 0 N–H and O–H groups in total. The summed E-state index contributed by atoms with van der Waals surface area (Å²) in [7, 11) is 1.62. The van der Waals surface area contributed by atoms with Gasteiger partial charge in [0.2, 0.25) is 0 Å². The highest BCUT2D eigenvalue weighted by atomic mass is 35.5. The monoisotopic (exact) mass is 315 g/mol. The van der Waals surface area contributed by atoms with E-state index in [1.54, 1.807) is 13.2 Å². The van der Waals surface area contributed by atoms with Gasteiger partial charge in [0.15, 0.2) is 0 Å². The number of hydrogen-bond acceptors (Lipinski definition) is 3. The minimum atomic E-state index is -0.195. The molecule has 0 amide bonds. The molecule has 0 aliphatic heterocycles. The highest BCUT2D eigenvalue weighted by Crippen LogP contribution is 2.29. The van der Waals surface area contributed by atoms with Crippen LogP contribution in [0.3, 0.4) is 0 Å². The molecule has 0 spiro atoms. The summed E-state index contributed by atoms with van der Waals surface area (Å²) >= 11 is 5.91. The van der Waals surface area contributed by atoms with Crippen LogP contribution >= 0.6 is 11.6 Å². The Bertz CT molecular complexity index is 652. The molecule has 3 nitrogen and oxygen atoms in total. The first kappa shape index (κ1) is 16.2. The van der Waals surface area contributed by atoms with Crippen molar-refractivity contribution in [3.8, 4) is 17.6 Å². The van der Waals surface area contributed by atoms with E-state index >= 15 is 0 Å². The molecule has 2 rings (SSSR count). The smallest absolute Gasteiger partial charge is 0.123 e. The van der Waals surface area contributed by atoms with Gasteiger partial charge in [0.05, 0.1) is 25.7 Å². The van der Waals surface area contributed by atoms with Gasteiger partial charge in [0, 0.05) is 10.6 Å². The first-order chi connectivity index (χ1) is 10.7. The van der Waals surface area contributed by atoms with Crippen LogP contribution in [0.4, 0.5) is 0 Å². The zero-order valence-corrected chi connectivity index (χ0v) is 13.2. The lowest BCUT2D eigenvalue weighted by atomic mass is 9.95. The molecule has 1 atom stereocenters. The van der Waals surface area contributed by atoms with Crippen LogP contribution in [0.1, 0.15) is 24.3 Å². The molecule has 2 aromatic carbocycles. The normalized spacial score (nSPS) is 11.5. The molecule has 0 heterocycles.